The van der Waals surface area contributed by atoms with Crippen molar-refractivity contribution < 1.29 is 18.5 Å². The first kappa shape index (κ1) is 18.3. The Morgan fingerprint density at radius 2 is 1.96 bits per heavy atom. The number of para-hydroxylation sites is 1. The van der Waals surface area contributed by atoms with Gasteiger partial charge in [-0.1, -0.05) is 30.3 Å². The standard InChI is InChI=1S/C20H21NO4S/c1-14-10-16-7-3-4-9-18(16)21(14)19(22)12-25-20(23)17-8-5-6-15(11-17)13-26(2)24/h3-9,11,14H,10,12-13H2,1-2H3. The van der Waals surface area contributed by atoms with Gasteiger partial charge in [0.25, 0.3) is 5.91 Å². The van der Waals surface area contributed by atoms with E-state index >= 15 is 0 Å². The normalized spacial score (nSPS) is 16.8. The summed E-state index contributed by atoms with van der Waals surface area (Å²) in [5.41, 5.74) is 3.16. The molecule has 3 rings (SSSR count). The third-order valence-corrected chi connectivity index (χ3v) is 5.08. The van der Waals surface area contributed by atoms with Crippen LogP contribution in [0.2, 0.25) is 0 Å². The number of carbonyl (C=O) groups is 2. The summed E-state index contributed by atoms with van der Waals surface area (Å²) in [4.78, 5) is 26.5. The van der Waals surface area contributed by atoms with Gasteiger partial charge in [-0.15, -0.1) is 0 Å². The summed E-state index contributed by atoms with van der Waals surface area (Å²) in [5, 5.41) is 0. The van der Waals surface area contributed by atoms with E-state index in [1.54, 1.807) is 29.4 Å². The second kappa shape index (κ2) is 7.83. The van der Waals surface area contributed by atoms with Crippen molar-refractivity contribution in [1.82, 2.24) is 0 Å². The first-order valence-corrected chi connectivity index (χ1v) is 10.1. The maximum absolute atomic E-state index is 12.6. The Balaban J connectivity index is 1.65. The Kier molecular flexibility index (Phi) is 5.52. The van der Waals surface area contributed by atoms with Crippen molar-refractivity contribution in [3.63, 3.8) is 0 Å². The minimum absolute atomic E-state index is 0.0430. The highest BCUT2D eigenvalue weighted by molar-refractivity contribution is 7.83. The van der Waals surface area contributed by atoms with Crippen LogP contribution < -0.4 is 4.90 Å². The molecule has 1 amide bonds. The number of esters is 1. The minimum Gasteiger partial charge on any atom is -0.452 e. The summed E-state index contributed by atoms with van der Waals surface area (Å²) in [6, 6.07) is 14.6. The quantitative estimate of drug-likeness (QED) is 0.758. The SMILES string of the molecule is CC1Cc2ccccc2N1C(=O)COC(=O)c1cccc(CS(C)=O)c1. The summed E-state index contributed by atoms with van der Waals surface area (Å²) in [5.74, 6) is -0.411. The Morgan fingerprint density at radius 1 is 1.19 bits per heavy atom. The van der Waals surface area contributed by atoms with Crippen LogP contribution in [0.3, 0.4) is 0 Å². The van der Waals surface area contributed by atoms with Crippen LogP contribution in [-0.2, 0) is 32.5 Å². The second-order valence-corrected chi connectivity index (χ2v) is 7.87. The van der Waals surface area contributed by atoms with Gasteiger partial charge >= 0.3 is 5.97 Å². The molecule has 0 saturated carbocycles. The van der Waals surface area contributed by atoms with E-state index < -0.39 is 16.8 Å². The zero-order chi connectivity index (χ0) is 18.7. The highest BCUT2D eigenvalue weighted by Crippen LogP contribution is 2.31. The van der Waals surface area contributed by atoms with E-state index in [1.165, 1.54) is 0 Å². The molecule has 0 aliphatic carbocycles. The van der Waals surface area contributed by atoms with Crippen LogP contribution in [-0.4, -0.2) is 35.0 Å². The lowest BCUT2D eigenvalue weighted by molar-refractivity contribution is -0.122. The number of hydrogen-bond donors (Lipinski definition) is 0. The summed E-state index contributed by atoms with van der Waals surface area (Å²) in [6.07, 6.45) is 2.41. The van der Waals surface area contributed by atoms with Gasteiger partial charge in [0.05, 0.1) is 5.56 Å². The third kappa shape index (κ3) is 4.02. The number of hydrogen-bond acceptors (Lipinski definition) is 4. The number of rotatable bonds is 5. The largest absolute Gasteiger partial charge is 0.452 e. The molecule has 1 heterocycles. The molecule has 26 heavy (non-hydrogen) atoms. The van der Waals surface area contributed by atoms with Crippen molar-refractivity contribution in [2.45, 2.75) is 25.1 Å². The maximum Gasteiger partial charge on any atom is 0.338 e. The van der Waals surface area contributed by atoms with Crippen LogP contribution in [0.15, 0.2) is 48.5 Å². The third-order valence-electron chi connectivity index (χ3n) is 4.34. The number of benzene rings is 2. The highest BCUT2D eigenvalue weighted by atomic mass is 32.2. The number of anilines is 1. The average Bonchev–Trinajstić information content (AvgIpc) is 2.94. The Bertz CT molecular complexity index is 864. The van der Waals surface area contributed by atoms with E-state index in [0.717, 1.165) is 23.2 Å². The first-order chi connectivity index (χ1) is 12.5. The van der Waals surface area contributed by atoms with E-state index in [0.29, 0.717) is 11.3 Å². The summed E-state index contributed by atoms with van der Waals surface area (Å²) in [7, 11) is -0.989. The lowest BCUT2D eigenvalue weighted by atomic mass is 10.1. The van der Waals surface area contributed by atoms with Crippen LogP contribution in [0.4, 0.5) is 5.69 Å². The van der Waals surface area contributed by atoms with Gasteiger partial charge in [-0.05, 0) is 42.7 Å². The molecule has 136 valence electrons. The molecule has 2 atom stereocenters. The molecule has 0 radical (unpaired) electrons. The molecular formula is C20H21NO4S. The fourth-order valence-electron chi connectivity index (χ4n) is 3.25. The van der Waals surface area contributed by atoms with Crippen molar-refractivity contribution in [2.75, 3.05) is 17.8 Å². The number of carbonyl (C=O) groups excluding carboxylic acids is 2. The molecule has 0 bridgehead atoms. The van der Waals surface area contributed by atoms with Gasteiger partial charge in [-0.3, -0.25) is 9.00 Å². The molecule has 2 aromatic carbocycles. The van der Waals surface area contributed by atoms with Crippen LogP contribution >= 0.6 is 0 Å². The molecule has 0 saturated heterocycles. The second-order valence-electron chi connectivity index (χ2n) is 6.44. The molecular weight excluding hydrogens is 350 g/mol. The van der Waals surface area contributed by atoms with Gasteiger partial charge in [0, 0.05) is 34.5 Å². The molecule has 2 aromatic rings. The zero-order valence-corrected chi connectivity index (χ0v) is 15.6. The molecule has 0 fully saturated rings. The van der Waals surface area contributed by atoms with Crippen molar-refractivity contribution >= 4 is 28.4 Å². The smallest absolute Gasteiger partial charge is 0.338 e. The monoisotopic (exact) mass is 371 g/mol. The number of amides is 1. The molecule has 0 spiro atoms. The molecule has 2 unspecified atom stereocenters. The van der Waals surface area contributed by atoms with Crippen molar-refractivity contribution in [2.24, 2.45) is 0 Å². The van der Waals surface area contributed by atoms with Gasteiger partial charge in [0.15, 0.2) is 6.61 Å². The topological polar surface area (TPSA) is 63.7 Å². The fraction of sp³-hybridized carbons (Fsp3) is 0.300. The fourth-order valence-corrected chi connectivity index (χ4v) is 3.90. The van der Waals surface area contributed by atoms with Crippen molar-refractivity contribution in [3.05, 3.63) is 65.2 Å². The zero-order valence-electron chi connectivity index (χ0n) is 14.8. The average molecular weight is 371 g/mol. The van der Waals surface area contributed by atoms with E-state index in [2.05, 4.69) is 0 Å². The number of fused-ring (bicyclic) bond motifs is 1. The van der Waals surface area contributed by atoms with Crippen molar-refractivity contribution in [1.29, 1.82) is 0 Å². The van der Waals surface area contributed by atoms with E-state index in [9.17, 15) is 13.8 Å². The van der Waals surface area contributed by atoms with Crippen molar-refractivity contribution in [3.8, 4) is 0 Å². The molecule has 0 aromatic heterocycles. The summed E-state index contributed by atoms with van der Waals surface area (Å²) in [6.45, 7) is 1.68. The van der Waals surface area contributed by atoms with Gasteiger partial charge in [0.2, 0.25) is 0 Å². The van der Waals surface area contributed by atoms with Gasteiger partial charge in [0.1, 0.15) is 0 Å². The Hall–Kier alpha value is -2.47. The molecule has 6 heteroatoms. The minimum atomic E-state index is -0.989. The van der Waals surface area contributed by atoms with Gasteiger partial charge in [-0.2, -0.15) is 0 Å². The molecule has 0 N–H and O–H groups in total. The lowest BCUT2D eigenvalue weighted by Crippen LogP contribution is -2.38. The first-order valence-electron chi connectivity index (χ1n) is 8.42. The van der Waals surface area contributed by atoms with E-state index in [4.69, 9.17) is 4.74 Å². The van der Waals surface area contributed by atoms with E-state index in [-0.39, 0.29) is 18.6 Å². The van der Waals surface area contributed by atoms with Crippen LogP contribution in [0.25, 0.3) is 0 Å². The van der Waals surface area contributed by atoms with Crippen LogP contribution in [0.5, 0.6) is 0 Å². The summed E-state index contributed by atoms with van der Waals surface area (Å²) < 4.78 is 16.6. The molecule has 1 aliphatic heterocycles. The number of nitrogens with zero attached hydrogens (tertiary/aromatic N) is 1. The van der Waals surface area contributed by atoms with E-state index in [1.807, 2.05) is 37.3 Å². The Morgan fingerprint density at radius 3 is 2.73 bits per heavy atom. The van der Waals surface area contributed by atoms with Gasteiger partial charge in [-0.25, -0.2) is 4.79 Å². The van der Waals surface area contributed by atoms with Crippen LogP contribution in [0.1, 0.15) is 28.4 Å². The molecule has 5 nitrogen and oxygen atoms in total. The highest BCUT2D eigenvalue weighted by Gasteiger charge is 2.31. The Labute approximate surface area is 155 Å². The van der Waals surface area contributed by atoms with Gasteiger partial charge < -0.3 is 9.64 Å². The lowest BCUT2D eigenvalue weighted by Gasteiger charge is -2.22. The molecule has 1 aliphatic rings. The van der Waals surface area contributed by atoms with Crippen LogP contribution in [0, 0.1) is 0 Å². The number of ether oxygens (including phenoxy) is 1. The summed E-state index contributed by atoms with van der Waals surface area (Å²) >= 11 is 0. The predicted octanol–water partition coefficient (Wildman–Crippen LogP) is 2.70. The predicted molar refractivity (Wildman–Crippen MR) is 102 cm³/mol. The maximum atomic E-state index is 12.6.